The van der Waals surface area contributed by atoms with Gasteiger partial charge < -0.3 is 4.84 Å². The number of fused-ring (bicyclic) bond motifs is 1. The lowest BCUT2D eigenvalue weighted by molar-refractivity contribution is -0.0584. The maximum atomic E-state index is 14.7. The quantitative estimate of drug-likeness (QED) is 0.458. The van der Waals surface area contributed by atoms with Gasteiger partial charge in [0.2, 0.25) is 10.0 Å². The molecule has 0 aromatic heterocycles. The standard InChI is InChI=1S/C26H22FN3O6S/c27-22-11-10-19(26(33)36-30-24(31)20-8-4-5-9-21(20)25(30)32)16-23(22)37(34,35)29-14-12-28(13-15-29)17-18-6-2-1-3-7-18/h1-11,16H,12-15,17H2. The van der Waals surface area contributed by atoms with Crippen LogP contribution in [-0.2, 0) is 21.4 Å². The van der Waals surface area contributed by atoms with Crippen LogP contribution in [0.3, 0.4) is 0 Å². The van der Waals surface area contributed by atoms with Crippen LogP contribution in [0, 0.1) is 5.82 Å². The van der Waals surface area contributed by atoms with Gasteiger partial charge in [-0.3, -0.25) is 14.5 Å². The number of imide groups is 1. The monoisotopic (exact) mass is 523 g/mol. The van der Waals surface area contributed by atoms with Crippen LogP contribution in [-0.4, -0.2) is 66.6 Å². The Morgan fingerprint density at radius 3 is 2.05 bits per heavy atom. The second-order valence-corrected chi connectivity index (χ2v) is 10.5. The summed E-state index contributed by atoms with van der Waals surface area (Å²) in [6.07, 6.45) is 0. The molecule has 1 saturated heterocycles. The Balaban J connectivity index is 1.29. The first-order valence-corrected chi connectivity index (χ1v) is 13.0. The van der Waals surface area contributed by atoms with E-state index in [0.29, 0.717) is 24.7 Å². The lowest BCUT2D eigenvalue weighted by Gasteiger charge is -2.34. The molecular formula is C26H22FN3O6S. The Labute approximate surface area is 212 Å². The molecule has 11 heteroatoms. The van der Waals surface area contributed by atoms with Crippen LogP contribution in [0.2, 0.25) is 0 Å². The minimum atomic E-state index is -4.26. The summed E-state index contributed by atoms with van der Waals surface area (Å²) in [7, 11) is -4.26. The number of nitrogens with zero attached hydrogens (tertiary/aromatic N) is 3. The molecule has 0 aliphatic carbocycles. The number of amides is 2. The third-order valence-corrected chi connectivity index (χ3v) is 8.21. The normalized spacial score (nSPS) is 16.6. The number of carbonyl (C=O) groups is 3. The molecule has 0 N–H and O–H groups in total. The van der Waals surface area contributed by atoms with Crippen LogP contribution < -0.4 is 0 Å². The first-order valence-electron chi connectivity index (χ1n) is 11.5. The van der Waals surface area contributed by atoms with Gasteiger partial charge in [0.05, 0.1) is 16.7 Å². The molecule has 9 nitrogen and oxygen atoms in total. The van der Waals surface area contributed by atoms with Crippen molar-refractivity contribution in [2.24, 2.45) is 0 Å². The molecule has 3 aromatic rings. The summed E-state index contributed by atoms with van der Waals surface area (Å²) in [5.41, 5.74) is 0.941. The first-order chi connectivity index (χ1) is 17.8. The number of hydrogen-bond acceptors (Lipinski definition) is 7. The van der Waals surface area contributed by atoms with Gasteiger partial charge in [0, 0.05) is 32.7 Å². The summed E-state index contributed by atoms with van der Waals surface area (Å²) >= 11 is 0. The fourth-order valence-corrected chi connectivity index (χ4v) is 5.83. The number of rotatable bonds is 6. The minimum Gasteiger partial charge on any atom is -0.324 e. The van der Waals surface area contributed by atoms with E-state index < -0.39 is 38.5 Å². The van der Waals surface area contributed by atoms with Crippen LogP contribution in [0.5, 0.6) is 0 Å². The molecule has 3 aromatic carbocycles. The maximum absolute atomic E-state index is 14.7. The third-order valence-electron chi connectivity index (χ3n) is 6.30. The Morgan fingerprint density at radius 1 is 0.838 bits per heavy atom. The van der Waals surface area contributed by atoms with Gasteiger partial charge in [0.25, 0.3) is 11.8 Å². The van der Waals surface area contributed by atoms with Gasteiger partial charge in [-0.15, -0.1) is 0 Å². The third kappa shape index (κ3) is 4.76. The molecule has 2 amide bonds. The average molecular weight is 524 g/mol. The highest BCUT2D eigenvalue weighted by Gasteiger charge is 2.39. The van der Waals surface area contributed by atoms with Crippen molar-refractivity contribution in [2.45, 2.75) is 11.4 Å². The topological polar surface area (TPSA) is 104 Å². The fourth-order valence-electron chi connectivity index (χ4n) is 4.32. The number of piperazine rings is 1. The fraction of sp³-hybridized carbons (Fsp3) is 0.192. The maximum Gasteiger partial charge on any atom is 0.363 e. The van der Waals surface area contributed by atoms with Crippen molar-refractivity contribution in [3.63, 3.8) is 0 Å². The Hall–Kier alpha value is -3.93. The zero-order chi connectivity index (χ0) is 26.2. The van der Waals surface area contributed by atoms with Crippen molar-refractivity contribution in [1.29, 1.82) is 0 Å². The number of halogens is 1. The zero-order valence-electron chi connectivity index (χ0n) is 19.5. The molecule has 2 aliphatic rings. The van der Waals surface area contributed by atoms with Gasteiger partial charge >= 0.3 is 5.97 Å². The largest absolute Gasteiger partial charge is 0.363 e. The van der Waals surface area contributed by atoms with E-state index in [0.717, 1.165) is 23.8 Å². The smallest absolute Gasteiger partial charge is 0.324 e. The number of benzene rings is 3. The Bertz CT molecular complexity index is 1450. The predicted octanol–water partition coefficient (Wildman–Crippen LogP) is 2.70. The van der Waals surface area contributed by atoms with Gasteiger partial charge in [0.1, 0.15) is 10.7 Å². The van der Waals surface area contributed by atoms with Gasteiger partial charge in [-0.05, 0) is 35.9 Å². The lowest BCUT2D eigenvalue weighted by Crippen LogP contribution is -2.48. The van der Waals surface area contributed by atoms with E-state index in [1.165, 1.54) is 16.4 Å². The van der Waals surface area contributed by atoms with Crippen molar-refractivity contribution in [3.05, 3.63) is 101 Å². The van der Waals surface area contributed by atoms with Crippen molar-refractivity contribution < 1.29 is 32.0 Å². The van der Waals surface area contributed by atoms with E-state index >= 15 is 0 Å². The molecule has 0 radical (unpaired) electrons. The van der Waals surface area contributed by atoms with Crippen molar-refractivity contribution in [2.75, 3.05) is 26.2 Å². The van der Waals surface area contributed by atoms with Crippen LogP contribution in [0.15, 0.2) is 77.7 Å². The van der Waals surface area contributed by atoms with Gasteiger partial charge in [-0.2, -0.15) is 4.31 Å². The van der Waals surface area contributed by atoms with E-state index in [1.807, 2.05) is 30.3 Å². The molecule has 2 heterocycles. The van der Waals surface area contributed by atoms with E-state index in [-0.39, 0.29) is 29.8 Å². The van der Waals surface area contributed by atoms with E-state index in [9.17, 15) is 27.2 Å². The van der Waals surface area contributed by atoms with Crippen LogP contribution in [0.1, 0.15) is 36.6 Å². The summed E-state index contributed by atoms with van der Waals surface area (Å²) in [6.45, 7) is 1.88. The summed E-state index contributed by atoms with van der Waals surface area (Å²) < 4.78 is 42.3. The number of sulfonamides is 1. The van der Waals surface area contributed by atoms with Crippen molar-refractivity contribution in [1.82, 2.24) is 14.3 Å². The molecule has 190 valence electrons. The number of hydroxylamine groups is 2. The summed E-state index contributed by atoms with van der Waals surface area (Å²) in [5, 5.41) is 0.316. The molecule has 5 rings (SSSR count). The molecule has 1 fully saturated rings. The van der Waals surface area contributed by atoms with E-state index in [4.69, 9.17) is 4.84 Å². The van der Waals surface area contributed by atoms with E-state index in [2.05, 4.69) is 4.90 Å². The molecule has 0 spiro atoms. The molecule has 0 bridgehead atoms. The summed E-state index contributed by atoms with van der Waals surface area (Å²) in [4.78, 5) is 44.1. The Kier molecular flexibility index (Phi) is 6.59. The average Bonchev–Trinajstić information content (AvgIpc) is 3.14. The highest BCUT2D eigenvalue weighted by atomic mass is 32.2. The highest BCUT2D eigenvalue weighted by molar-refractivity contribution is 7.89. The van der Waals surface area contributed by atoms with Crippen molar-refractivity contribution in [3.8, 4) is 0 Å². The minimum absolute atomic E-state index is 0.0779. The summed E-state index contributed by atoms with van der Waals surface area (Å²) in [6, 6.07) is 18.5. The predicted molar refractivity (Wildman–Crippen MR) is 129 cm³/mol. The molecule has 37 heavy (non-hydrogen) atoms. The highest BCUT2D eigenvalue weighted by Crippen LogP contribution is 2.26. The lowest BCUT2D eigenvalue weighted by atomic mass is 10.1. The number of hydrogen-bond donors (Lipinski definition) is 0. The van der Waals surface area contributed by atoms with Crippen LogP contribution in [0.25, 0.3) is 0 Å². The van der Waals surface area contributed by atoms with Crippen molar-refractivity contribution >= 4 is 27.8 Å². The van der Waals surface area contributed by atoms with Crippen LogP contribution in [0.4, 0.5) is 4.39 Å². The molecule has 0 unspecified atom stereocenters. The second kappa shape index (κ2) is 9.85. The van der Waals surface area contributed by atoms with Gasteiger partial charge in [-0.1, -0.05) is 47.5 Å². The van der Waals surface area contributed by atoms with Gasteiger partial charge in [-0.25, -0.2) is 17.6 Å². The molecule has 2 aliphatic heterocycles. The summed E-state index contributed by atoms with van der Waals surface area (Å²) in [5.74, 6) is -3.84. The first kappa shape index (κ1) is 24.8. The number of carbonyl (C=O) groups excluding carboxylic acids is 3. The SMILES string of the molecule is O=C(ON1C(=O)c2ccccc2C1=O)c1ccc(F)c(S(=O)(=O)N2CCN(Cc3ccccc3)CC2)c1. The van der Waals surface area contributed by atoms with Crippen LogP contribution >= 0.6 is 0 Å². The molecule has 0 atom stereocenters. The molecule has 0 saturated carbocycles. The molecular weight excluding hydrogens is 501 g/mol. The van der Waals surface area contributed by atoms with Gasteiger partial charge in [0.15, 0.2) is 0 Å². The second-order valence-electron chi connectivity index (χ2n) is 8.64. The van der Waals surface area contributed by atoms with E-state index in [1.54, 1.807) is 12.1 Å². The zero-order valence-corrected chi connectivity index (χ0v) is 20.4. The Morgan fingerprint density at radius 2 is 1.43 bits per heavy atom.